The highest BCUT2D eigenvalue weighted by Gasteiger charge is 2.28. The first-order chi connectivity index (χ1) is 16.3. The van der Waals surface area contributed by atoms with Gasteiger partial charge in [-0.1, -0.05) is 6.07 Å². The number of pyridine rings is 1. The van der Waals surface area contributed by atoms with Crippen LogP contribution in [0.1, 0.15) is 31.2 Å². The molecule has 1 aromatic carbocycles. The number of hydrogen-bond acceptors (Lipinski definition) is 6. The highest BCUT2D eigenvalue weighted by Crippen LogP contribution is 2.23. The summed E-state index contributed by atoms with van der Waals surface area (Å²) in [5.74, 6) is 0.190. The van der Waals surface area contributed by atoms with Gasteiger partial charge in [0.05, 0.1) is 11.4 Å². The van der Waals surface area contributed by atoms with Crippen LogP contribution in [0.25, 0.3) is 0 Å². The Labute approximate surface area is 200 Å². The summed E-state index contributed by atoms with van der Waals surface area (Å²) in [5.41, 5.74) is 1.50. The molecule has 0 unspecified atom stereocenters. The van der Waals surface area contributed by atoms with E-state index in [1.807, 2.05) is 24.0 Å². The quantitative estimate of drug-likeness (QED) is 0.623. The van der Waals surface area contributed by atoms with Gasteiger partial charge in [-0.15, -0.1) is 0 Å². The Kier molecular flexibility index (Phi) is 7.60. The maximum atomic E-state index is 12.8. The molecule has 182 valence electrons. The van der Waals surface area contributed by atoms with E-state index in [9.17, 15) is 18.0 Å². The lowest BCUT2D eigenvalue weighted by atomic mass is 9.96. The van der Waals surface area contributed by atoms with Crippen molar-refractivity contribution in [1.82, 2.24) is 14.2 Å². The van der Waals surface area contributed by atoms with E-state index >= 15 is 0 Å². The molecular weight excluding hydrogens is 454 g/mol. The van der Waals surface area contributed by atoms with E-state index in [1.54, 1.807) is 24.4 Å². The van der Waals surface area contributed by atoms with Gasteiger partial charge in [-0.25, -0.2) is 13.4 Å². The molecule has 0 radical (unpaired) electrons. The van der Waals surface area contributed by atoms with Crippen molar-refractivity contribution in [2.24, 2.45) is 5.92 Å². The molecule has 2 N–H and O–H groups in total. The van der Waals surface area contributed by atoms with Crippen molar-refractivity contribution in [2.45, 2.75) is 37.5 Å². The smallest absolute Gasteiger partial charge is 0.243 e. The Hall–Kier alpha value is -2.82. The van der Waals surface area contributed by atoms with Crippen LogP contribution in [0.5, 0.6) is 0 Å². The predicted octanol–water partition coefficient (Wildman–Crippen LogP) is 2.46. The molecule has 0 spiro atoms. The van der Waals surface area contributed by atoms with Gasteiger partial charge in [-0.3, -0.25) is 14.5 Å². The first-order valence-electron chi connectivity index (χ1n) is 11.7. The number of aryl methyl sites for hydroxylation is 1. The van der Waals surface area contributed by atoms with Crippen LogP contribution in [0.2, 0.25) is 0 Å². The van der Waals surface area contributed by atoms with Gasteiger partial charge < -0.3 is 10.6 Å². The van der Waals surface area contributed by atoms with Crippen molar-refractivity contribution in [3.63, 3.8) is 0 Å². The number of nitrogens with zero attached hydrogens (tertiary/aromatic N) is 3. The summed E-state index contributed by atoms with van der Waals surface area (Å²) < 4.78 is 27.0. The summed E-state index contributed by atoms with van der Waals surface area (Å²) in [6, 6.07) is 10.1. The second-order valence-corrected chi connectivity index (χ2v) is 10.9. The Balaban J connectivity index is 1.26. The van der Waals surface area contributed by atoms with E-state index in [1.165, 1.54) is 10.4 Å². The molecule has 2 fully saturated rings. The predicted molar refractivity (Wildman–Crippen MR) is 130 cm³/mol. The van der Waals surface area contributed by atoms with Gasteiger partial charge >= 0.3 is 0 Å². The van der Waals surface area contributed by atoms with Crippen LogP contribution in [0.15, 0.2) is 47.5 Å². The van der Waals surface area contributed by atoms with Crippen LogP contribution >= 0.6 is 0 Å². The fraction of sp³-hybridized carbons (Fsp3) is 0.458. The van der Waals surface area contributed by atoms with Crippen LogP contribution in [0.4, 0.5) is 11.5 Å². The number of piperidine rings is 1. The minimum atomic E-state index is -3.53. The van der Waals surface area contributed by atoms with Crippen LogP contribution in [0.3, 0.4) is 0 Å². The number of rotatable bonds is 7. The van der Waals surface area contributed by atoms with E-state index in [-0.39, 0.29) is 29.2 Å². The van der Waals surface area contributed by atoms with Gasteiger partial charge in [-0.05, 0) is 81.6 Å². The van der Waals surface area contributed by atoms with Crippen molar-refractivity contribution >= 4 is 33.3 Å². The zero-order valence-electron chi connectivity index (χ0n) is 19.4. The first kappa shape index (κ1) is 24.3. The summed E-state index contributed by atoms with van der Waals surface area (Å²) >= 11 is 0. The molecule has 0 atom stereocenters. The fourth-order valence-electron chi connectivity index (χ4n) is 4.40. The summed E-state index contributed by atoms with van der Waals surface area (Å²) in [6.07, 6.45) is 4.74. The third-order valence-corrected chi connectivity index (χ3v) is 8.21. The molecule has 2 aliphatic rings. The number of carbonyl (C=O) groups is 2. The van der Waals surface area contributed by atoms with Crippen LogP contribution in [0, 0.1) is 12.8 Å². The molecule has 4 rings (SSSR count). The minimum Gasteiger partial charge on any atom is -0.325 e. The van der Waals surface area contributed by atoms with E-state index in [2.05, 4.69) is 15.6 Å². The van der Waals surface area contributed by atoms with Crippen LogP contribution < -0.4 is 10.6 Å². The average Bonchev–Trinajstić information content (AvgIpc) is 3.36. The maximum absolute atomic E-state index is 12.8. The third-order valence-electron chi connectivity index (χ3n) is 6.31. The Bertz CT molecular complexity index is 1140. The van der Waals surface area contributed by atoms with E-state index in [0.717, 1.165) is 18.4 Å². The molecule has 2 aliphatic heterocycles. The lowest BCUT2D eigenvalue weighted by Crippen LogP contribution is -2.41. The number of carbonyl (C=O) groups excluding carboxylic acids is 2. The normalized spacial score (nSPS) is 18.0. The molecule has 2 aromatic rings. The SMILES string of the molecule is Cc1ccnc(NC(=O)C2CCN(CC(=O)Nc3cccc(S(=O)(=O)N4CCCC4)c3)CC2)c1. The number of aromatic nitrogens is 1. The topological polar surface area (TPSA) is 112 Å². The number of sulfonamides is 1. The molecule has 2 amide bonds. The zero-order chi connectivity index (χ0) is 24.1. The summed E-state index contributed by atoms with van der Waals surface area (Å²) in [4.78, 5) is 31.5. The average molecular weight is 486 g/mol. The van der Waals surface area contributed by atoms with Gasteiger partial charge in [-0.2, -0.15) is 4.31 Å². The van der Waals surface area contributed by atoms with Crippen molar-refractivity contribution in [2.75, 3.05) is 43.4 Å². The van der Waals surface area contributed by atoms with Crippen molar-refractivity contribution in [3.8, 4) is 0 Å². The van der Waals surface area contributed by atoms with Crippen molar-refractivity contribution in [1.29, 1.82) is 0 Å². The third kappa shape index (κ3) is 5.99. The van der Waals surface area contributed by atoms with E-state index in [0.29, 0.717) is 50.5 Å². The zero-order valence-corrected chi connectivity index (χ0v) is 20.2. The summed E-state index contributed by atoms with van der Waals surface area (Å²) in [6.45, 7) is 4.48. The summed E-state index contributed by atoms with van der Waals surface area (Å²) in [5, 5.41) is 5.69. The molecule has 1 aromatic heterocycles. The van der Waals surface area contributed by atoms with Crippen molar-refractivity contribution in [3.05, 3.63) is 48.2 Å². The molecule has 34 heavy (non-hydrogen) atoms. The number of anilines is 2. The first-order valence-corrected chi connectivity index (χ1v) is 13.1. The molecule has 9 nitrogen and oxygen atoms in total. The standard InChI is InChI=1S/C24H31N5O4S/c1-18-7-10-25-22(15-18)27-24(31)19-8-13-28(14-9-19)17-23(30)26-20-5-4-6-21(16-20)34(32,33)29-11-2-3-12-29/h4-7,10,15-16,19H,2-3,8-9,11-14,17H2,1H3,(H,26,30)(H,25,27,31). The molecule has 0 aliphatic carbocycles. The number of benzene rings is 1. The largest absolute Gasteiger partial charge is 0.325 e. The van der Waals surface area contributed by atoms with Gasteiger partial charge in [0.25, 0.3) is 0 Å². The van der Waals surface area contributed by atoms with Crippen molar-refractivity contribution < 1.29 is 18.0 Å². The van der Waals surface area contributed by atoms with Crippen LogP contribution in [-0.2, 0) is 19.6 Å². The molecular formula is C24H31N5O4S. The van der Waals surface area contributed by atoms with E-state index < -0.39 is 10.0 Å². The lowest BCUT2D eigenvalue weighted by molar-refractivity contribution is -0.121. The summed E-state index contributed by atoms with van der Waals surface area (Å²) in [7, 11) is -3.53. The van der Waals surface area contributed by atoms with Crippen LogP contribution in [-0.4, -0.2) is 67.1 Å². The molecule has 2 saturated heterocycles. The Morgan fingerprint density at radius 1 is 1.03 bits per heavy atom. The molecule has 3 heterocycles. The maximum Gasteiger partial charge on any atom is 0.243 e. The fourth-order valence-corrected chi connectivity index (χ4v) is 5.97. The monoisotopic (exact) mass is 485 g/mol. The molecule has 0 saturated carbocycles. The van der Waals surface area contributed by atoms with E-state index in [4.69, 9.17) is 0 Å². The number of amides is 2. The minimum absolute atomic E-state index is 0.0433. The van der Waals surface area contributed by atoms with Gasteiger partial charge in [0.15, 0.2) is 0 Å². The lowest BCUT2D eigenvalue weighted by Gasteiger charge is -2.30. The highest BCUT2D eigenvalue weighted by atomic mass is 32.2. The number of nitrogens with one attached hydrogen (secondary N) is 2. The Morgan fingerprint density at radius 3 is 2.47 bits per heavy atom. The molecule has 10 heteroatoms. The van der Waals surface area contributed by atoms with Gasteiger partial charge in [0.1, 0.15) is 5.82 Å². The second-order valence-electron chi connectivity index (χ2n) is 8.95. The highest BCUT2D eigenvalue weighted by molar-refractivity contribution is 7.89. The number of hydrogen-bond donors (Lipinski definition) is 2. The Morgan fingerprint density at radius 2 is 1.76 bits per heavy atom. The number of likely N-dealkylation sites (tertiary alicyclic amines) is 1. The van der Waals surface area contributed by atoms with Gasteiger partial charge in [0, 0.05) is 30.9 Å². The van der Waals surface area contributed by atoms with Gasteiger partial charge in [0.2, 0.25) is 21.8 Å². The second kappa shape index (κ2) is 10.6. The molecule has 0 bridgehead atoms.